The first kappa shape index (κ1) is 13.8. The monoisotopic (exact) mass is 280 g/mol. The van der Waals surface area contributed by atoms with Crippen molar-refractivity contribution in [3.05, 3.63) is 63.7 Å². The van der Waals surface area contributed by atoms with Gasteiger partial charge in [0.2, 0.25) is 5.91 Å². The molecule has 0 saturated carbocycles. The number of carbonyl (C=O) groups excluding carboxylic acids is 1. The summed E-state index contributed by atoms with van der Waals surface area (Å²) in [4.78, 5) is 11.6. The van der Waals surface area contributed by atoms with Gasteiger partial charge < -0.3 is 11.1 Å². The summed E-state index contributed by atoms with van der Waals surface area (Å²) < 4.78 is 0. The molecule has 0 aromatic heterocycles. The normalized spacial score (nSPS) is 14.8. The van der Waals surface area contributed by atoms with E-state index in [1.165, 1.54) is 5.56 Å². The topological polar surface area (TPSA) is 55.1 Å². The third kappa shape index (κ3) is 2.34. The molecule has 2 aromatic rings. The number of nitrogens with one attached hydrogen (secondary N) is 1. The van der Waals surface area contributed by atoms with Crippen LogP contribution < -0.4 is 11.1 Å². The molecule has 1 amide bonds. The Morgan fingerprint density at radius 2 is 1.90 bits per heavy atom. The number of benzene rings is 2. The van der Waals surface area contributed by atoms with E-state index < -0.39 is 0 Å². The average Bonchev–Trinajstić information content (AvgIpc) is 2.83. The van der Waals surface area contributed by atoms with Gasteiger partial charge >= 0.3 is 0 Å². The number of fused-ring (bicyclic) bond motifs is 1. The summed E-state index contributed by atoms with van der Waals surface area (Å²) in [5.41, 5.74) is 14.2. The van der Waals surface area contributed by atoms with E-state index in [0.29, 0.717) is 6.42 Å². The van der Waals surface area contributed by atoms with Gasteiger partial charge in [0.15, 0.2) is 0 Å². The Bertz CT molecular complexity index is 734. The molecule has 2 aromatic carbocycles. The predicted octanol–water partition coefficient (Wildman–Crippen LogP) is 3.15. The number of hydrogen-bond acceptors (Lipinski definition) is 2. The lowest BCUT2D eigenvalue weighted by Crippen LogP contribution is -2.14. The fourth-order valence-corrected chi connectivity index (χ4v) is 3.05. The van der Waals surface area contributed by atoms with Crippen molar-refractivity contribution in [2.75, 3.05) is 5.32 Å². The van der Waals surface area contributed by atoms with Crippen LogP contribution in [0.5, 0.6) is 0 Å². The number of hydrogen-bond donors (Lipinski definition) is 2. The molecule has 0 radical (unpaired) electrons. The summed E-state index contributed by atoms with van der Waals surface area (Å²) >= 11 is 0. The molecule has 0 bridgehead atoms. The number of rotatable bonds is 2. The molecule has 1 atom stereocenters. The molecule has 0 aliphatic carbocycles. The summed E-state index contributed by atoms with van der Waals surface area (Å²) in [6.45, 7) is 6.19. The molecular weight excluding hydrogens is 260 g/mol. The molecule has 0 spiro atoms. The highest BCUT2D eigenvalue weighted by atomic mass is 16.1. The lowest BCUT2D eigenvalue weighted by molar-refractivity contribution is -0.115. The van der Waals surface area contributed by atoms with E-state index in [4.69, 9.17) is 5.73 Å². The Morgan fingerprint density at radius 1 is 1.14 bits per heavy atom. The molecule has 3 nitrogen and oxygen atoms in total. The molecule has 3 heteroatoms. The van der Waals surface area contributed by atoms with Crippen LogP contribution in [0.25, 0.3) is 0 Å². The maximum Gasteiger partial charge on any atom is 0.228 e. The van der Waals surface area contributed by atoms with Gasteiger partial charge in [-0.15, -0.1) is 0 Å². The Morgan fingerprint density at radius 3 is 2.62 bits per heavy atom. The van der Waals surface area contributed by atoms with Gasteiger partial charge in [-0.2, -0.15) is 0 Å². The molecule has 108 valence electrons. The SMILES string of the molecule is Cc1cccc(C(N)c2cc3c(c(C)c2C)NC(=O)C3)c1. The van der Waals surface area contributed by atoms with Crippen LogP contribution in [0.3, 0.4) is 0 Å². The third-order valence-electron chi connectivity index (χ3n) is 4.37. The van der Waals surface area contributed by atoms with Crippen LogP contribution in [0.4, 0.5) is 5.69 Å². The molecule has 3 rings (SSSR count). The van der Waals surface area contributed by atoms with Gasteiger partial charge in [0.25, 0.3) is 0 Å². The summed E-state index contributed by atoms with van der Waals surface area (Å²) in [6, 6.07) is 10.2. The lowest BCUT2D eigenvalue weighted by atomic mass is 9.89. The summed E-state index contributed by atoms with van der Waals surface area (Å²) in [7, 11) is 0. The van der Waals surface area contributed by atoms with Gasteiger partial charge in [-0.25, -0.2) is 0 Å². The van der Waals surface area contributed by atoms with E-state index in [1.54, 1.807) is 0 Å². The van der Waals surface area contributed by atoms with Crippen molar-refractivity contribution in [1.29, 1.82) is 0 Å². The van der Waals surface area contributed by atoms with Crippen LogP contribution in [0.1, 0.15) is 39.4 Å². The van der Waals surface area contributed by atoms with Crippen molar-refractivity contribution in [2.45, 2.75) is 33.2 Å². The van der Waals surface area contributed by atoms with Gasteiger partial charge in [-0.3, -0.25) is 4.79 Å². The first-order valence-corrected chi connectivity index (χ1v) is 7.22. The zero-order chi connectivity index (χ0) is 15.1. The minimum atomic E-state index is -0.162. The fraction of sp³-hybridized carbons (Fsp3) is 0.278. The van der Waals surface area contributed by atoms with Crippen LogP contribution >= 0.6 is 0 Å². The molecule has 1 aliphatic rings. The minimum Gasteiger partial charge on any atom is -0.325 e. The van der Waals surface area contributed by atoms with Crippen molar-refractivity contribution in [3.8, 4) is 0 Å². The van der Waals surface area contributed by atoms with E-state index >= 15 is 0 Å². The standard InChI is InChI=1S/C18H20N2O/c1-10-5-4-6-13(7-10)17(19)15-8-14-9-16(21)20-18(14)12(3)11(15)2/h4-8,17H,9,19H2,1-3H3,(H,20,21). The van der Waals surface area contributed by atoms with Crippen molar-refractivity contribution in [2.24, 2.45) is 5.73 Å². The van der Waals surface area contributed by atoms with Crippen molar-refractivity contribution in [3.63, 3.8) is 0 Å². The number of nitrogens with two attached hydrogens (primary N) is 1. The quantitative estimate of drug-likeness (QED) is 0.888. The van der Waals surface area contributed by atoms with Crippen molar-refractivity contribution < 1.29 is 4.79 Å². The molecule has 0 saturated heterocycles. The fourth-order valence-electron chi connectivity index (χ4n) is 3.05. The molecule has 1 unspecified atom stereocenters. The largest absolute Gasteiger partial charge is 0.325 e. The van der Waals surface area contributed by atoms with E-state index in [2.05, 4.69) is 43.4 Å². The van der Waals surface area contributed by atoms with E-state index in [1.807, 2.05) is 13.0 Å². The third-order valence-corrected chi connectivity index (χ3v) is 4.37. The predicted molar refractivity (Wildman–Crippen MR) is 85.5 cm³/mol. The van der Waals surface area contributed by atoms with Crippen LogP contribution in [0.15, 0.2) is 30.3 Å². The molecule has 3 N–H and O–H groups in total. The molecule has 0 fully saturated rings. The van der Waals surface area contributed by atoms with Crippen LogP contribution in [-0.4, -0.2) is 5.91 Å². The molecule has 1 aliphatic heterocycles. The van der Waals surface area contributed by atoms with Crippen LogP contribution in [0, 0.1) is 20.8 Å². The molecule has 21 heavy (non-hydrogen) atoms. The van der Waals surface area contributed by atoms with Crippen molar-refractivity contribution >= 4 is 11.6 Å². The number of carbonyl (C=O) groups is 1. The number of aryl methyl sites for hydroxylation is 1. The van der Waals surface area contributed by atoms with E-state index in [-0.39, 0.29) is 11.9 Å². The van der Waals surface area contributed by atoms with E-state index in [0.717, 1.165) is 33.5 Å². The lowest BCUT2D eigenvalue weighted by Gasteiger charge is -2.19. The average molecular weight is 280 g/mol. The van der Waals surface area contributed by atoms with Gasteiger partial charge in [0, 0.05) is 5.69 Å². The summed E-state index contributed by atoms with van der Waals surface area (Å²) in [5, 5.41) is 2.94. The van der Waals surface area contributed by atoms with Gasteiger partial charge in [0.1, 0.15) is 0 Å². The summed E-state index contributed by atoms with van der Waals surface area (Å²) in [5.74, 6) is 0.0637. The van der Waals surface area contributed by atoms with Crippen molar-refractivity contribution in [1.82, 2.24) is 0 Å². The Labute approximate surface area is 125 Å². The zero-order valence-corrected chi connectivity index (χ0v) is 12.7. The number of amides is 1. The van der Waals surface area contributed by atoms with Gasteiger partial charge in [0.05, 0.1) is 12.5 Å². The maximum absolute atomic E-state index is 11.6. The van der Waals surface area contributed by atoms with Gasteiger partial charge in [-0.05, 0) is 48.6 Å². The van der Waals surface area contributed by atoms with E-state index in [9.17, 15) is 4.79 Å². The highest BCUT2D eigenvalue weighted by Crippen LogP contribution is 2.35. The first-order valence-electron chi connectivity index (χ1n) is 7.22. The van der Waals surface area contributed by atoms with Crippen LogP contribution in [0.2, 0.25) is 0 Å². The second-order valence-electron chi connectivity index (χ2n) is 5.87. The maximum atomic E-state index is 11.6. The second-order valence-corrected chi connectivity index (χ2v) is 5.87. The Hall–Kier alpha value is -2.13. The smallest absolute Gasteiger partial charge is 0.228 e. The Balaban J connectivity index is 2.09. The molecular formula is C18H20N2O. The minimum absolute atomic E-state index is 0.0637. The van der Waals surface area contributed by atoms with Crippen LogP contribution in [-0.2, 0) is 11.2 Å². The highest BCUT2D eigenvalue weighted by Gasteiger charge is 2.24. The zero-order valence-electron chi connectivity index (χ0n) is 12.7. The number of anilines is 1. The second kappa shape index (κ2) is 5.01. The highest BCUT2D eigenvalue weighted by molar-refractivity contribution is 6.00. The molecule has 1 heterocycles. The summed E-state index contributed by atoms with van der Waals surface area (Å²) in [6.07, 6.45) is 0.448. The Kier molecular flexibility index (Phi) is 3.30. The van der Waals surface area contributed by atoms with Gasteiger partial charge in [-0.1, -0.05) is 35.9 Å². The first-order chi connectivity index (χ1) is 9.97.